The number of hydrogen-bond donors (Lipinski definition) is 0. The van der Waals surface area contributed by atoms with Gasteiger partial charge in [0.1, 0.15) is 0 Å². The van der Waals surface area contributed by atoms with E-state index in [1.807, 2.05) is 72.8 Å². The Morgan fingerprint density at radius 1 is 0.571 bits per heavy atom. The van der Waals surface area contributed by atoms with Crippen LogP contribution in [0.25, 0.3) is 0 Å². The minimum atomic E-state index is -2.65. The second kappa shape index (κ2) is 11.3. The molecule has 0 aromatic heterocycles. The molecule has 0 saturated carbocycles. The van der Waals surface area contributed by atoms with Crippen molar-refractivity contribution in [2.24, 2.45) is 5.41 Å². The third-order valence-electron chi connectivity index (χ3n) is 8.83. The molecule has 42 heavy (non-hydrogen) atoms. The zero-order valence-electron chi connectivity index (χ0n) is 24.5. The van der Waals surface area contributed by atoms with Crippen molar-refractivity contribution >= 4 is 26.8 Å². The van der Waals surface area contributed by atoms with Crippen LogP contribution in [0.4, 0.5) is 0 Å². The van der Waals surface area contributed by atoms with Crippen molar-refractivity contribution in [1.82, 2.24) is 4.23 Å². The third kappa shape index (κ3) is 4.58. The molecule has 0 fully saturated rings. The molecule has 0 amide bonds. The highest BCUT2D eigenvalue weighted by Gasteiger charge is 2.62. The van der Waals surface area contributed by atoms with Crippen molar-refractivity contribution in [3.05, 3.63) is 144 Å². The van der Waals surface area contributed by atoms with E-state index in [0.717, 1.165) is 11.1 Å². The molecule has 0 aliphatic heterocycles. The highest BCUT2D eigenvalue weighted by Crippen LogP contribution is 2.61. The van der Waals surface area contributed by atoms with Gasteiger partial charge in [0, 0.05) is 17.5 Å². The zero-order valence-corrected chi connectivity index (χ0v) is 26.5. The minimum Gasteiger partial charge on any atom is -0.418 e. The van der Waals surface area contributed by atoms with E-state index in [1.54, 1.807) is 0 Å². The van der Waals surface area contributed by atoms with E-state index in [2.05, 4.69) is 97.2 Å². The van der Waals surface area contributed by atoms with Crippen LogP contribution in [0, 0.1) is 39.4 Å². The lowest BCUT2D eigenvalue weighted by molar-refractivity contribution is 0.442. The van der Waals surface area contributed by atoms with Crippen LogP contribution in [-0.4, -0.2) is 20.7 Å². The Labute approximate surface area is 251 Å². The summed E-state index contributed by atoms with van der Waals surface area (Å²) in [5, 5.41) is 35.8. The van der Waals surface area contributed by atoms with Crippen molar-refractivity contribution in [1.29, 1.82) is 15.8 Å². The van der Waals surface area contributed by atoms with E-state index in [1.165, 1.54) is 10.4 Å². The van der Waals surface area contributed by atoms with Gasteiger partial charge in [0.05, 0.1) is 23.8 Å². The van der Waals surface area contributed by atoms with Crippen LogP contribution in [0.5, 0.6) is 0 Å². The van der Waals surface area contributed by atoms with Crippen molar-refractivity contribution in [3.8, 4) is 18.2 Å². The first-order chi connectivity index (χ1) is 20.2. The second-order valence-electron chi connectivity index (χ2n) is 11.9. The summed E-state index contributed by atoms with van der Waals surface area (Å²) in [6, 6.07) is 48.3. The Bertz CT molecular complexity index is 1650. The van der Waals surface area contributed by atoms with Gasteiger partial charge in [0.15, 0.2) is 21.9 Å². The van der Waals surface area contributed by atoms with Gasteiger partial charge in [0.25, 0.3) is 0 Å². The van der Waals surface area contributed by atoms with Crippen LogP contribution in [0.15, 0.2) is 133 Å². The molecule has 4 nitrogen and oxygen atoms in total. The molecule has 206 valence electrons. The van der Waals surface area contributed by atoms with Crippen molar-refractivity contribution in [2.45, 2.75) is 38.0 Å². The lowest BCUT2D eigenvalue weighted by atomic mass is 9.70. The first kappa shape index (κ1) is 28.8. The van der Waals surface area contributed by atoms with E-state index in [4.69, 9.17) is 0 Å². The Morgan fingerprint density at radius 2 is 0.952 bits per heavy atom. The van der Waals surface area contributed by atoms with Gasteiger partial charge in [0.2, 0.25) is 0 Å². The maximum atomic E-state index is 11.2. The van der Waals surface area contributed by atoms with E-state index in [-0.39, 0.29) is 0 Å². The first-order valence-corrected chi connectivity index (χ1v) is 20.1. The third-order valence-corrected chi connectivity index (χ3v) is 18.4. The average Bonchev–Trinajstić information content (AvgIpc) is 3.32. The smallest absolute Gasteiger partial charge is 0.190 e. The number of rotatable bonds is 7. The summed E-state index contributed by atoms with van der Waals surface area (Å²) >= 11 is 0. The predicted octanol–water partition coefficient (Wildman–Crippen LogP) is 6.91. The fraction of sp³-hybridized carbons (Fsp3) is 0.194. The van der Waals surface area contributed by atoms with Crippen molar-refractivity contribution in [2.75, 3.05) is 0 Å². The van der Waals surface area contributed by atoms with Gasteiger partial charge in [-0.3, -0.25) is 0 Å². The molecule has 0 saturated heterocycles. The van der Waals surface area contributed by atoms with Crippen LogP contribution in [-0.2, 0) is 0 Å². The second-order valence-corrected chi connectivity index (χ2v) is 20.6. The lowest BCUT2D eigenvalue weighted by Crippen LogP contribution is -2.72. The monoisotopic (exact) mass is 578 g/mol. The number of nitriles is 3. The van der Waals surface area contributed by atoms with Crippen molar-refractivity contribution in [3.63, 3.8) is 0 Å². The molecule has 0 spiro atoms. The molecule has 4 aromatic rings. The molecular formula is C36H34N4Si2. The Balaban J connectivity index is 1.92. The predicted molar refractivity (Wildman–Crippen MR) is 174 cm³/mol. The SMILES string of the molecule is C[Si](C)(c1ccccc1)N(C1=C(C#N)[C@@H](c2ccccc2)[C@H](c2ccccc2)C1(C#N)C#N)[Si](C)(C)c1ccccc1. The number of benzene rings is 4. The fourth-order valence-corrected chi connectivity index (χ4v) is 17.6. The van der Waals surface area contributed by atoms with Crippen molar-refractivity contribution < 1.29 is 0 Å². The maximum absolute atomic E-state index is 11.2. The molecule has 2 atom stereocenters. The largest absolute Gasteiger partial charge is 0.418 e. The van der Waals surface area contributed by atoms with E-state index < -0.39 is 33.7 Å². The van der Waals surface area contributed by atoms with Gasteiger partial charge in [-0.2, -0.15) is 15.8 Å². The van der Waals surface area contributed by atoms with Crippen LogP contribution in [0.2, 0.25) is 26.2 Å². The summed E-state index contributed by atoms with van der Waals surface area (Å²) in [6.45, 7) is 9.15. The van der Waals surface area contributed by atoms with Gasteiger partial charge >= 0.3 is 0 Å². The van der Waals surface area contributed by atoms with Crippen LogP contribution in [0.3, 0.4) is 0 Å². The zero-order chi connectivity index (χ0) is 30.0. The van der Waals surface area contributed by atoms with E-state index in [0.29, 0.717) is 11.3 Å². The molecule has 0 radical (unpaired) electrons. The fourth-order valence-electron chi connectivity index (χ4n) is 6.94. The molecule has 0 heterocycles. The van der Waals surface area contributed by atoms with Crippen LogP contribution in [0.1, 0.15) is 23.0 Å². The molecular weight excluding hydrogens is 545 g/mol. The van der Waals surface area contributed by atoms with Gasteiger partial charge in [-0.1, -0.05) is 121 Å². The van der Waals surface area contributed by atoms with Crippen LogP contribution < -0.4 is 10.4 Å². The highest BCUT2D eigenvalue weighted by molar-refractivity contribution is 7.02. The summed E-state index contributed by atoms with van der Waals surface area (Å²) in [7, 11) is -5.30. The Kier molecular flexibility index (Phi) is 7.76. The Hall–Kier alpha value is -4.68. The average molecular weight is 579 g/mol. The van der Waals surface area contributed by atoms with E-state index >= 15 is 0 Å². The molecule has 0 unspecified atom stereocenters. The summed E-state index contributed by atoms with van der Waals surface area (Å²) in [5.41, 5.74) is 1.36. The molecule has 1 aliphatic rings. The summed E-state index contributed by atoms with van der Waals surface area (Å²) in [6.07, 6.45) is 0. The summed E-state index contributed by atoms with van der Waals surface area (Å²) in [4.78, 5) is 0. The maximum Gasteiger partial charge on any atom is 0.190 e. The topological polar surface area (TPSA) is 74.6 Å². The van der Waals surface area contributed by atoms with Gasteiger partial charge in [-0.25, -0.2) is 0 Å². The van der Waals surface area contributed by atoms with Crippen LogP contribution >= 0.6 is 0 Å². The molecule has 5 rings (SSSR count). The quantitative estimate of drug-likeness (QED) is 0.224. The molecule has 6 heteroatoms. The Morgan fingerprint density at radius 3 is 1.33 bits per heavy atom. The number of nitrogens with zero attached hydrogens (tertiary/aromatic N) is 4. The van der Waals surface area contributed by atoms with Gasteiger partial charge < -0.3 is 4.23 Å². The van der Waals surface area contributed by atoms with E-state index in [9.17, 15) is 15.8 Å². The summed E-state index contributed by atoms with van der Waals surface area (Å²) in [5.74, 6) is -0.999. The molecule has 4 aromatic carbocycles. The first-order valence-electron chi connectivity index (χ1n) is 14.2. The lowest BCUT2D eigenvalue weighted by Gasteiger charge is -2.52. The number of allylic oxidation sites excluding steroid dienone is 2. The summed E-state index contributed by atoms with van der Waals surface area (Å²) < 4.78 is 2.47. The highest BCUT2D eigenvalue weighted by atomic mass is 28.4. The standard InChI is InChI=1S/C36H34N4Si2/c1-41(2,30-21-13-7-14-22-30)40(42(3,4)31-23-15-8-16-24-31)35-32(25-37)33(28-17-9-5-10-18-28)34(36(35,26-38)27-39)29-19-11-6-12-20-29/h5-24,33-34H,1-4H3/t33-,34+/m1/s1. The normalized spacial score (nSPS) is 18.0. The minimum absolute atomic E-state index is 0.448. The molecule has 1 aliphatic carbocycles. The van der Waals surface area contributed by atoms with Gasteiger partial charge in [-0.05, 0) is 47.7 Å². The molecule has 0 N–H and O–H groups in total. The molecule has 0 bridgehead atoms. The number of hydrogen-bond acceptors (Lipinski definition) is 4. The van der Waals surface area contributed by atoms with Gasteiger partial charge in [-0.15, -0.1) is 0 Å².